The van der Waals surface area contributed by atoms with Gasteiger partial charge in [-0.1, -0.05) is 36.2 Å². The van der Waals surface area contributed by atoms with E-state index in [4.69, 9.17) is 29.0 Å². The van der Waals surface area contributed by atoms with Crippen LogP contribution in [0.3, 0.4) is 0 Å². The number of piperazine rings is 1. The van der Waals surface area contributed by atoms with E-state index in [-0.39, 0.29) is 21.6 Å². The number of carbonyl (C=O) groups excluding carboxylic acids is 1. The fourth-order valence-electron chi connectivity index (χ4n) is 5.00. The average Bonchev–Trinajstić information content (AvgIpc) is 2.97. The van der Waals surface area contributed by atoms with Gasteiger partial charge in [-0.25, -0.2) is 4.98 Å². The first-order valence-electron chi connectivity index (χ1n) is 14.1. The minimum Gasteiger partial charge on any atom is -0.384 e. The maximum absolute atomic E-state index is 13.2. The van der Waals surface area contributed by atoms with E-state index in [0.29, 0.717) is 17.1 Å². The Kier molecular flexibility index (Phi) is 11.5. The summed E-state index contributed by atoms with van der Waals surface area (Å²) < 4.78 is 0. The van der Waals surface area contributed by atoms with Crippen molar-refractivity contribution in [1.82, 2.24) is 25.5 Å². The van der Waals surface area contributed by atoms with Crippen LogP contribution in [0.4, 0.5) is 17.1 Å². The molecule has 0 saturated carbocycles. The van der Waals surface area contributed by atoms with Crippen molar-refractivity contribution in [3.8, 4) is 0 Å². The van der Waals surface area contributed by atoms with Crippen molar-refractivity contribution in [2.24, 2.45) is 5.84 Å². The summed E-state index contributed by atoms with van der Waals surface area (Å²) in [5.74, 6) is 5.45. The standard InChI is InChI=1S/C29H41Cl2N9O/c1-21(33-9-6-12-39-10-4-3-5-11-39)26(37-32)20-34-22-7-8-27(40-15-13-38(2)14-16-40)25(17-22)36-29(41)23-19-35-28(31)18-24(23)30/h7-8,17-20,33-34,37H,1,3-6,9-16,32H2,2H3,(H,36,41)/b26-20-. The van der Waals surface area contributed by atoms with Crippen LogP contribution in [0.1, 0.15) is 36.0 Å². The van der Waals surface area contributed by atoms with Gasteiger partial charge in [0.15, 0.2) is 0 Å². The highest BCUT2D eigenvalue weighted by Crippen LogP contribution is 2.31. The smallest absolute Gasteiger partial charge is 0.258 e. The predicted octanol–water partition coefficient (Wildman–Crippen LogP) is 4.09. The van der Waals surface area contributed by atoms with Crippen molar-refractivity contribution in [3.63, 3.8) is 0 Å². The molecule has 41 heavy (non-hydrogen) atoms. The number of nitrogens with two attached hydrogens (primary N) is 1. The normalized spacial score (nSPS) is 16.8. The number of hydrazine groups is 1. The van der Waals surface area contributed by atoms with Crippen LogP contribution in [0.25, 0.3) is 0 Å². The molecule has 4 rings (SSSR count). The van der Waals surface area contributed by atoms with Gasteiger partial charge in [0.05, 0.1) is 33.4 Å². The number of rotatable bonds is 12. The number of carbonyl (C=O) groups is 1. The van der Waals surface area contributed by atoms with Gasteiger partial charge in [0.25, 0.3) is 5.91 Å². The Balaban J connectivity index is 1.44. The first-order chi connectivity index (χ1) is 19.8. The van der Waals surface area contributed by atoms with E-state index in [1.54, 1.807) is 6.20 Å². The van der Waals surface area contributed by atoms with Crippen LogP contribution in [-0.4, -0.2) is 80.1 Å². The van der Waals surface area contributed by atoms with Crippen molar-refractivity contribution in [3.05, 3.63) is 70.4 Å². The molecule has 2 aliphatic heterocycles. The van der Waals surface area contributed by atoms with Gasteiger partial charge in [-0.2, -0.15) is 0 Å². The number of amides is 1. The highest BCUT2D eigenvalue weighted by molar-refractivity contribution is 6.36. The van der Waals surface area contributed by atoms with Crippen molar-refractivity contribution in [2.45, 2.75) is 25.7 Å². The minimum atomic E-state index is -0.367. The highest BCUT2D eigenvalue weighted by Gasteiger charge is 2.20. The Morgan fingerprint density at radius 1 is 1.10 bits per heavy atom. The van der Waals surface area contributed by atoms with Crippen molar-refractivity contribution in [1.29, 1.82) is 0 Å². The Labute approximate surface area is 252 Å². The van der Waals surface area contributed by atoms with Crippen molar-refractivity contribution >= 4 is 46.2 Å². The lowest BCUT2D eigenvalue weighted by molar-refractivity contribution is 0.102. The zero-order valence-corrected chi connectivity index (χ0v) is 25.2. The number of hydrogen-bond acceptors (Lipinski definition) is 9. The number of halogens is 2. The third kappa shape index (κ3) is 8.98. The molecule has 0 bridgehead atoms. The second-order valence-electron chi connectivity index (χ2n) is 10.5. The Morgan fingerprint density at radius 2 is 1.85 bits per heavy atom. The lowest BCUT2D eigenvalue weighted by Crippen LogP contribution is -2.44. The van der Waals surface area contributed by atoms with Gasteiger partial charge < -0.3 is 36.1 Å². The number of benzene rings is 1. The van der Waals surface area contributed by atoms with E-state index >= 15 is 0 Å². The monoisotopic (exact) mass is 601 g/mol. The van der Waals surface area contributed by atoms with Gasteiger partial charge in [0.1, 0.15) is 5.15 Å². The summed E-state index contributed by atoms with van der Waals surface area (Å²) in [6.45, 7) is 12.0. The largest absolute Gasteiger partial charge is 0.384 e. The summed E-state index contributed by atoms with van der Waals surface area (Å²) in [6, 6.07) is 7.32. The van der Waals surface area contributed by atoms with Gasteiger partial charge in [-0.3, -0.25) is 10.6 Å². The third-order valence-electron chi connectivity index (χ3n) is 7.46. The number of likely N-dealkylation sites (tertiary alicyclic amines) is 1. The molecule has 0 unspecified atom stereocenters. The van der Waals surface area contributed by atoms with Crippen LogP contribution in [0.5, 0.6) is 0 Å². The van der Waals surface area contributed by atoms with E-state index in [2.05, 4.69) is 54.7 Å². The second kappa shape index (κ2) is 15.3. The molecule has 1 aromatic heterocycles. The Morgan fingerprint density at radius 3 is 2.56 bits per heavy atom. The molecule has 10 nitrogen and oxygen atoms in total. The molecular formula is C29H41Cl2N9O. The van der Waals surface area contributed by atoms with E-state index in [9.17, 15) is 4.79 Å². The number of anilines is 3. The molecular weight excluding hydrogens is 561 g/mol. The summed E-state index contributed by atoms with van der Waals surface area (Å²) >= 11 is 12.2. The fraction of sp³-hybridized carbons (Fsp3) is 0.448. The first-order valence-corrected chi connectivity index (χ1v) is 14.9. The molecule has 2 aromatic rings. The zero-order chi connectivity index (χ0) is 29.2. The van der Waals surface area contributed by atoms with E-state index < -0.39 is 0 Å². The van der Waals surface area contributed by atoms with E-state index in [1.807, 2.05) is 18.2 Å². The van der Waals surface area contributed by atoms with E-state index in [1.165, 1.54) is 44.6 Å². The van der Waals surface area contributed by atoms with Gasteiger partial charge in [-0.15, -0.1) is 0 Å². The molecule has 0 radical (unpaired) electrons. The number of piperidine rings is 1. The molecule has 0 aliphatic carbocycles. The number of aromatic nitrogens is 1. The quantitative estimate of drug-likeness (QED) is 0.0806. The molecule has 1 aromatic carbocycles. The lowest BCUT2D eigenvalue weighted by Gasteiger charge is -2.35. The third-order valence-corrected chi connectivity index (χ3v) is 7.97. The van der Waals surface area contributed by atoms with Crippen LogP contribution < -0.4 is 32.1 Å². The first kappa shape index (κ1) is 30.9. The van der Waals surface area contributed by atoms with Crippen LogP contribution in [0, 0.1) is 0 Å². The van der Waals surface area contributed by atoms with Crippen LogP contribution in [0.15, 0.2) is 54.6 Å². The van der Waals surface area contributed by atoms with Crippen LogP contribution in [-0.2, 0) is 0 Å². The topological polar surface area (TPSA) is 114 Å². The average molecular weight is 603 g/mol. The van der Waals surface area contributed by atoms with Crippen molar-refractivity contribution in [2.75, 3.05) is 74.9 Å². The van der Waals surface area contributed by atoms with Gasteiger partial charge in [0, 0.05) is 50.8 Å². The number of likely N-dealkylation sites (N-methyl/N-ethyl adjacent to an activating group) is 1. The molecule has 0 atom stereocenters. The molecule has 12 heteroatoms. The van der Waals surface area contributed by atoms with E-state index in [0.717, 1.165) is 57.1 Å². The highest BCUT2D eigenvalue weighted by atomic mass is 35.5. The fourth-order valence-corrected chi connectivity index (χ4v) is 5.46. The summed E-state index contributed by atoms with van der Waals surface area (Å²) in [5.41, 5.74) is 6.65. The number of nitrogens with one attached hydrogen (secondary N) is 4. The number of nitrogens with zero attached hydrogens (tertiary/aromatic N) is 4. The van der Waals surface area contributed by atoms with Crippen LogP contribution >= 0.6 is 23.2 Å². The summed E-state index contributed by atoms with van der Waals surface area (Å²) in [6.07, 6.45) is 8.11. The minimum absolute atomic E-state index is 0.227. The Bertz CT molecular complexity index is 1220. The van der Waals surface area contributed by atoms with Crippen LogP contribution in [0.2, 0.25) is 10.2 Å². The predicted molar refractivity (Wildman–Crippen MR) is 169 cm³/mol. The maximum Gasteiger partial charge on any atom is 0.258 e. The lowest BCUT2D eigenvalue weighted by atomic mass is 10.1. The maximum atomic E-state index is 13.2. The molecule has 3 heterocycles. The summed E-state index contributed by atoms with van der Waals surface area (Å²) in [4.78, 5) is 24.3. The molecule has 1 amide bonds. The van der Waals surface area contributed by atoms with Gasteiger partial charge in [-0.05, 0) is 70.2 Å². The second-order valence-corrected chi connectivity index (χ2v) is 11.3. The van der Waals surface area contributed by atoms with Gasteiger partial charge in [0.2, 0.25) is 0 Å². The molecule has 2 saturated heterocycles. The van der Waals surface area contributed by atoms with Gasteiger partial charge >= 0.3 is 0 Å². The summed E-state index contributed by atoms with van der Waals surface area (Å²) in [7, 11) is 2.11. The molecule has 222 valence electrons. The molecule has 0 spiro atoms. The molecule has 2 fully saturated rings. The SMILES string of the molecule is C=C(NCCCN1CCCCC1)/C(=C/Nc1ccc(N2CCN(C)CC2)c(NC(=O)c2cnc(Cl)cc2Cl)c1)NN. The molecule has 2 aliphatic rings. The molecule has 6 N–H and O–H groups in total. The Hall–Kier alpha value is -3.02. The van der Waals surface area contributed by atoms with Crippen molar-refractivity contribution < 1.29 is 4.79 Å². The summed E-state index contributed by atoms with van der Waals surface area (Å²) in [5, 5.41) is 10.1. The zero-order valence-electron chi connectivity index (χ0n) is 23.7. The number of hydrogen-bond donors (Lipinski definition) is 5. The number of pyridine rings is 1.